The highest BCUT2D eigenvalue weighted by atomic mass is 32.2. The van der Waals surface area contributed by atoms with E-state index in [2.05, 4.69) is 48.3 Å². The highest BCUT2D eigenvalue weighted by Gasteiger charge is 2.18. The Bertz CT molecular complexity index is 906. The number of amides is 1. The molecule has 2 aromatic carbocycles. The zero-order valence-electron chi connectivity index (χ0n) is 16.7. The topological polar surface area (TPSA) is 51.0 Å². The largest absolute Gasteiger partial charge is 0.338 e. The van der Waals surface area contributed by atoms with Crippen LogP contribution in [-0.4, -0.2) is 38.4 Å². The Morgan fingerprint density at radius 3 is 2.36 bits per heavy atom. The predicted molar refractivity (Wildman–Crippen MR) is 114 cm³/mol. The number of hydrogen-bond donors (Lipinski definition) is 0. The summed E-state index contributed by atoms with van der Waals surface area (Å²) in [6.07, 6.45) is 1.69. The summed E-state index contributed by atoms with van der Waals surface area (Å²) in [7, 11) is 1.84. The molecular weight excluding hydrogens is 368 g/mol. The van der Waals surface area contributed by atoms with Gasteiger partial charge in [-0.25, -0.2) is 0 Å². The van der Waals surface area contributed by atoms with Gasteiger partial charge in [0.25, 0.3) is 0 Å². The molecule has 3 aromatic rings. The van der Waals surface area contributed by atoms with E-state index in [1.54, 1.807) is 11.2 Å². The van der Waals surface area contributed by atoms with Gasteiger partial charge in [-0.15, -0.1) is 10.2 Å². The first-order valence-electron chi connectivity index (χ1n) is 9.41. The van der Waals surface area contributed by atoms with Crippen LogP contribution < -0.4 is 0 Å². The molecule has 1 aromatic heterocycles. The average molecular weight is 395 g/mol. The minimum Gasteiger partial charge on any atom is -0.338 e. The smallest absolute Gasteiger partial charge is 0.233 e. The summed E-state index contributed by atoms with van der Waals surface area (Å²) >= 11 is 1.41. The van der Waals surface area contributed by atoms with Crippen molar-refractivity contribution in [3.63, 3.8) is 0 Å². The molecule has 3 rings (SSSR count). The van der Waals surface area contributed by atoms with E-state index in [9.17, 15) is 4.79 Å². The molecule has 28 heavy (non-hydrogen) atoms. The number of hydrogen-bond acceptors (Lipinski definition) is 4. The number of carbonyl (C=O) groups is 1. The normalized spacial score (nSPS) is 12.2. The van der Waals surface area contributed by atoms with Crippen LogP contribution in [0.15, 0.2) is 66.1 Å². The fourth-order valence-electron chi connectivity index (χ4n) is 2.92. The number of carbonyl (C=O) groups excluding carboxylic acids is 1. The fourth-order valence-corrected chi connectivity index (χ4v) is 3.77. The van der Waals surface area contributed by atoms with Crippen LogP contribution >= 0.6 is 11.8 Å². The Kier molecular flexibility index (Phi) is 6.52. The standard InChI is InChI=1S/C22H26N4OS/c1-16(2)18-10-12-20(13-11-18)26-15-23-24-22(26)28-14-21(27)25(4)17(3)19-8-6-5-7-9-19/h5-13,15-17H,14H2,1-4H3. The molecule has 1 heterocycles. The zero-order valence-corrected chi connectivity index (χ0v) is 17.6. The molecule has 146 valence electrons. The molecule has 1 unspecified atom stereocenters. The summed E-state index contributed by atoms with van der Waals surface area (Å²) in [6.45, 7) is 6.39. The molecule has 0 spiro atoms. The lowest BCUT2D eigenvalue weighted by atomic mass is 10.0. The third-order valence-corrected chi connectivity index (χ3v) is 5.86. The molecule has 6 heteroatoms. The minimum absolute atomic E-state index is 0.0238. The summed E-state index contributed by atoms with van der Waals surface area (Å²) in [5, 5.41) is 8.93. The van der Waals surface area contributed by atoms with E-state index in [0.717, 1.165) is 11.3 Å². The van der Waals surface area contributed by atoms with Crippen LogP contribution in [0.3, 0.4) is 0 Å². The van der Waals surface area contributed by atoms with Crippen LogP contribution in [0.2, 0.25) is 0 Å². The van der Waals surface area contributed by atoms with E-state index in [1.807, 2.05) is 48.9 Å². The Labute approximate surface area is 170 Å². The van der Waals surface area contributed by atoms with E-state index in [0.29, 0.717) is 16.8 Å². The molecule has 0 aliphatic heterocycles. The highest BCUT2D eigenvalue weighted by molar-refractivity contribution is 7.99. The molecule has 0 saturated heterocycles. The first-order chi connectivity index (χ1) is 13.5. The molecule has 0 aliphatic rings. The van der Waals surface area contributed by atoms with Crippen molar-refractivity contribution in [2.24, 2.45) is 0 Å². The van der Waals surface area contributed by atoms with E-state index < -0.39 is 0 Å². The number of aromatic nitrogens is 3. The van der Waals surface area contributed by atoms with Crippen molar-refractivity contribution in [3.8, 4) is 5.69 Å². The number of thioether (sulfide) groups is 1. The van der Waals surface area contributed by atoms with Crippen molar-refractivity contribution in [3.05, 3.63) is 72.1 Å². The van der Waals surface area contributed by atoms with Gasteiger partial charge in [0.2, 0.25) is 5.91 Å². The monoisotopic (exact) mass is 394 g/mol. The predicted octanol–water partition coefficient (Wildman–Crippen LogP) is 4.70. The first-order valence-corrected chi connectivity index (χ1v) is 10.4. The van der Waals surface area contributed by atoms with Crippen molar-refractivity contribution in [1.29, 1.82) is 0 Å². The van der Waals surface area contributed by atoms with Crippen LogP contribution in [0.4, 0.5) is 0 Å². The van der Waals surface area contributed by atoms with Gasteiger partial charge in [-0.3, -0.25) is 9.36 Å². The van der Waals surface area contributed by atoms with Crippen molar-refractivity contribution in [1.82, 2.24) is 19.7 Å². The van der Waals surface area contributed by atoms with Gasteiger partial charge in [-0.1, -0.05) is 68.1 Å². The zero-order chi connectivity index (χ0) is 20.1. The van der Waals surface area contributed by atoms with Gasteiger partial charge < -0.3 is 4.90 Å². The van der Waals surface area contributed by atoms with E-state index in [4.69, 9.17) is 0 Å². The third-order valence-electron chi connectivity index (χ3n) is 4.94. The highest BCUT2D eigenvalue weighted by Crippen LogP contribution is 2.24. The summed E-state index contributed by atoms with van der Waals surface area (Å²) in [5.41, 5.74) is 3.41. The van der Waals surface area contributed by atoms with Gasteiger partial charge in [0.15, 0.2) is 5.16 Å². The minimum atomic E-state index is 0.0238. The number of benzene rings is 2. The van der Waals surface area contributed by atoms with E-state index >= 15 is 0 Å². The SMILES string of the molecule is CC(C)c1ccc(-n2cnnc2SCC(=O)N(C)C(C)c2ccccc2)cc1. The van der Waals surface area contributed by atoms with Crippen molar-refractivity contribution in [2.75, 3.05) is 12.8 Å². The fraction of sp³-hybridized carbons (Fsp3) is 0.318. The summed E-state index contributed by atoms with van der Waals surface area (Å²) < 4.78 is 1.92. The lowest BCUT2D eigenvalue weighted by molar-refractivity contribution is -0.128. The van der Waals surface area contributed by atoms with Crippen molar-refractivity contribution in [2.45, 2.75) is 37.9 Å². The van der Waals surface area contributed by atoms with Gasteiger partial charge >= 0.3 is 0 Å². The van der Waals surface area contributed by atoms with Crippen LogP contribution in [0.5, 0.6) is 0 Å². The molecule has 0 fully saturated rings. The molecule has 0 aliphatic carbocycles. The maximum atomic E-state index is 12.7. The van der Waals surface area contributed by atoms with Crippen LogP contribution in [0.25, 0.3) is 5.69 Å². The Morgan fingerprint density at radius 1 is 1.04 bits per heavy atom. The summed E-state index contributed by atoms with van der Waals surface area (Å²) in [5.74, 6) is 0.866. The summed E-state index contributed by atoms with van der Waals surface area (Å²) in [6, 6.07) is 18.4. The second-order valence-electron chi connectivity index (χ2n) is 7.11. The molecule has 0 radical (unpaired) electrons. The maximum Gasteiger partial charge on any atom is 0.233 e. The van der Waals surface area contributed by atoms with E-state index in [1.165, 1.54) is 17.3 Å². The molecule has 5 nitrogen and oxygen atoms in total. The van der Waals surface area contributed by atoms with Gasteiger partial charge in [-0.05, 0) is 36.1 Å². The number of rotatable bonds is 7. The van der Waals surface area contributed by atoms with Gasteiger partial charge in [0.05, 0.1) is 11.8 Å². The maximum absolute atomic E-state index is 12.7. The lowest BCUT2D eigenvalue weighted by Crippen LogP contribution is -2.31. The van der Waals surface area contributed by atoms with Crippen LogP contribution in [0, 0.1) is 0 Å². The number of nitrogens with zero attached hydrogens (tertiary/aromatic N) is 4. The van der Waals surface area contributed by atoms with Gasteiger partial charge in [0, 0.05) is 12.7 Å². The van der Waals surface area contributed by atoms with Gasteiger partial charge in [0.1, 0.15) is 6.33 Å². The second kappa shape index (κ2) is 9.06. The quantitative estimate of drug-likeness (QED) is 0.545. The van der Waals surface area contributed by atoms with Crippen LogP contribution in [0.1, 0.15) is 43.9 Å². The molecule has 0 bridgehead atoms. The first kappa shape index (κ1) is 20.1. The Hall–Kier alpha value is -2.60. The van der Waals surface area contributed by atoms with Crippen LogP contribution in [-0.2, 0) is 4.79 Å². The van der Waals surface area contributed by atoms with Crippen molar-refractivity contribution < 1.29 is 4.79 Å². The molecule has 0 saturated carbocycles. The molecule has 1 amide bonds. The lowest BCUT2D eigenvalue weighted by Gasteiger charge is -2.25. The second-order valence-corrected chi connectivity index (χ2v) is 8.05. The molecular formula is C22H26N4OS. The third kappa shape index (κ3) is 4.62. The van der Waals surface area contributed by atoms with Crippen molar-refractivity contribution >= 4 is 17.7 Å². The average Bonchev–Trinajstić information content (AvgIpc) is 3.20. The molecule has 1 atom stereocenters. The summed E-state index contributed by atoms with van der Waals surface area (Å²) in [4.78, 5) is 14.4. The Morgan fingerprint density at radius 2 is 1.71 bits per heavy atom. The van der Waals surface area contributed by atoms with E-state index in [-0.39, 0.29) is 11.9 Å². The van der Waals surface area contributed by atoms with Gasteiger partial charge in [-0.2, -0.15) is 0 Å². The Balaban J connectivity index is 1.65. The molecule has 0 N–H and O–H groups in total.